The molecule has 3 nitrogen and oxygen atoms in total. The summed E-state index contributed by atoms with van der Waals surface area (Å²) in [5.41, 5.74) is 4.17. The SMILES string of the molecule is CS(=O)(=O)c1ccc(S(F)(F)(F)(F)F)cc1N. The lowest BCUT2D eigenvalue weighted by molar-refractivity contribution is 0.364. The molecule has 0 spiro atoms. The van der Waals surface area contributed by atoms with Crippen LogP contribution in [0.4, 0.5) is 25.1 Å². The number of hydrogen-bond acceptors (Lipinski definition) is 3. The monoisotopic (exact) mass is 297 g/mol. The predicted molar refractivity (Wildman–Crippen MR) is 55.4 cm³/mol. The normalized spacial score (nSPS) is 17.3. The molecule has 0 saturated carbocycles. The summed E-state index contributed by atoms with van der Waals surface area (Å²) in [5.74, 6) is 0. The minimum absolute atomic E-state index is 0.00823. The molecule has 0 aliphatic carbocycles. The fraction of sp³-hybridized carbons (Fsp3) is 0.143. The zero-order valence-electron chi connectivity index (χ0n) is 8.33. The van der Waals surface area contributed by atoms with Crippen molar-refractivity contribution in [3.05, 3.63) is 18.2 Å². The maximum atomic E-state index is 12.4. The van der Waals surface area contributed by atoms with E-state index >= 15 is 0 Å². The quantitative estimate of drug-likeness (QED) is 0.673. The van der Waals surface area contributed by atoms with Crippen LogP contribution in [-0.2, 0) is 9.84 Å². The summed E-state index contributed by atoms with van der Waals surface area (Å²) < 4.78 is 83.8. The highest BCUT2D eigenvalue weighted by molar-refractivity contribution is 8.45. The van der Waals surface area contributed by atoms with Gasteiger partial charge in [0.2, 0.25) is 0 Å². The van der Waals surface area contributed by atoms with Crippen molar-refractivity contribution in [1.29, 1.82) is 0 Å². The van der Waals surface area contributed by atoms with Crippen LogP contribution in [0.15, 0.2) is 28.0 Å². The van der Waals surface area contributed by atoms with E-state index in [1.54, 1.807) is 0 Å². The molecule has 0 aromatic heterocycles. The van der Waals surface area contributed by atoms with Crippen LogP contribution >= 0.6 is 10.2 Å². The molecule has 0 bridgehead atoms. The van der Waals surface area contributed by atoms with Crippen molar-refractivity contribution >= 4 is 25.7 Å². The third-order valence-corrected chi connectivity index (χ3v) is 4.14. The van der Waals surface area contributed by atoms with E-state index < -0.39 is 35.5 Å². The van der Waals surface area contributed by atoms with Gasteiger partial charge in [0.15, 0.2) is 9.84 Å². The van der Waals surface area contributed by atoms with Crippen molar-refractivity contribution in [3.63, 3.8) is 0 Å². The van der Waals surface area contributed by atoms with Gasteiger partial charge in [0.1, 0.15) is 4.90 Å². The molecule has 0 atom stereocenters. The Kier molecular flexibility index (Phi) is 2.36. The zero-order valence-corrected chi connectivity index (χ0v) is 9.97. The predicted octanol–water partition coefficient (Wildman–Crippen LogP) is 3.33. The van der Waals surface area contributed by atoms with E-state index in [9.17, 15) is 27.8 Å². The fourth-order valence-corrected chi connectivity index (χ4v) is 2.58. The van der Waals surface area contributed by atoms with Gasteiger partial charge in [0, 0.05) is 6.26 Å². The van der Waals surface area contributed by atoms with Gasteiger partial charge in [0.05, 0.1) is 10.6 Å². The Labute approximate surface area is 94.1 Å². The van der Waals surface area contributed by atoms with E-state index in [0.29, 0.717) is 12.3 Å². The van der Waals surface area contributed by atoms with E-state index in [-0.39, 0.29) is 12.1 Å². The van der Waals surface area contributed by atoms with Gasteiger partial charge in [0.25, 0.3) is 0 Å². The Hall–Kier alpha value is -1.03. The Bertz CT molecular complexity index is 578. The van der Waals surface area contributed by atoms with Crippen molar-refractivity contribution in [3.8, 4) is 0 Å². The number of rotatable bonds is 2. The summed E-state index contributed by atoms with van der Waals surface area (Å²) in [4.78, 5) is -2.84. The first-order chi connectivity index (χ1) is 7.11. The molecular weight excluding hydrogens is 289 g/mol. The highest BCUT2D eigenvalue weighted by Gasteiger charge is 2.65. The number of benzene rings is 1. The number of halogens is 5. The van der Waals surface area contributed by atoms with Gasteiger partial charge in [-0.3, -0.25) is 0 Å². The van der Waals surface area contributed by atoms with Gasteiger partial charge >= 0.3 is 10.2 Å². The number of sulfone groups is 1. The van der Waals surface area contributed by atoms with E-state index in [1.807, 2.05) is 0 Å². The third kappa shape index (κ3) is 3.22. The molecule has 0 fully saturated rings. The largest absolute Gasteiger partial charge is 0.398 e. The number of hydrogen-bond donors (Lipinski definition) is 1. The highest BCUT2D eigenvalue weighted by Crippen LogP contribution is 3.02. The molecule has 1 aromatic rings. The second-order valence-corrected chi connectivity index (χ2v) is 7.83. The fourth-order valence-electron chi connectivity index (χ4n) is 1.10. The van der Waals surface area contributed by atoms with Gasteiger partial charge in [-0.1, -0.05) is 19.4 Å². The number of nitrogen functional groups attached to an aromatic ring is 1. The lowest BCUT2D eigenvalue weighted by atomic mass is 10.3. The molecule has 0 heterocycles. The smallest absolute Gasteiger partial charge is 0.310 e. The van der Waals surface area contributed by atoms with E-state index in [0.717, 1.165) is 0 Å². The van der Waals surface area contributed by atoms with Crippen LogP contribution in [0.3, 0.4) is 0 Å². The number of nitrogens with two attached hydrogens (primary N) is 1. The third-order valence-electron chi connectivity index (χ3n) is 1.83. The van der Waals surface area contributed by atoms with Crippen LogP contribution in [0, 0.1) is 0 Å². The molecule has 0 aliphatic rings. The van der Waals surface area contributed by atoms with Crippen molar-refractivity contribution in [1.82, 2.24) is 0 Å². The van der Waals surface area contributed by atoms with Crippen molar-refractivity contribution in [2.75, 3.05) is 12.0 Å². The molecule has 100 valence electrons. The van der Waals surface area contributed by atoms with Crippen LogP contribution in [0.25, 0.3) is 0 Å². The van der Waals surface area contributed by atoms with Gasteiger partial charge in [-0.05, 0) is 18.2 Å². The van der Waals surface area contributed by atoms with Crippen LogP contribution in [0.5, 0.6) is 0 Å². The Morgan fingerprint density at radius 1 is 1.12 bits per heavy atom. The highest BCUT2D eigenvalue weighted by atomic mass is 32.5. The minimum Gasteiger partial charge on any atom is -0.398 e. The summed E-state index contributed by atoms with van der Waals surface area (Å²) in [5, 5.41) is 0. The molecule has 0 unspecified atom stereocenters. The molecule has 0 aliphatic heterocycles. The van der Waals surface area contributed by atoms with E-state index in [1.165, 1.54) is 0 Å². The maximum absolute atomic E-state index is 12.4. The number of anilines is 1. The van der Waals surface area contributed by atoms with E-state index in [4.69, 9.17) is 5.73 Å². The van der Waals surface area contributed by atoms with Crippen molar-refractivity contribution < 1.29 is 27.8 Å². The Morgan fingerprint density at radius 3 is 1.88 bits per heavy atom. The first kappa shape index (κ1) is 14.0. The first-order valence-corrected chi connectivity index (χ1v) is 7.79. The van der Waals surface area contributed by atoms with Crippen LogP contribution in [0.2, 0.25) is 0 Å². The molecule has 1 rings (SSSR count). The van der Waals surface area contributed by atoms with Crippen molar-refractivity contribution in [2.45, 2.75) is 9.79 Å². The summed E-state index contributed by atoms with van der Waals surface area (Å²) in [7, 11) is -13.7. The van der Waals surface area contributed by atoms with Gasteiger partial charge in [-0.25, -0.2) is 8.42 Å². The zero-order chi connectivity index (χ0) is 13.8. The average molecular weight is 297 g/mol. The molecule has 1 aromatic carbocycles. The molecule has 0 saturated heterocycles. The van der Waals surface area contributed by atoms with Gasteiger partial charge in [-0.15, -0.1) is 0 Å². The Morgan fingerprint density at radius 2 is 1.59 bits per heavy atom. The average Bonchev–Trinajstić information content (AvgIpc) is 1.96. The molecule has 2 N–H and O–H groups in total. The first-order valence-electron chi connectivity index (χ1n) is 3.95. The topological polar surface area (TPSA) is 60.2 Å². The van der Waals surface area contributed by atoms with Gasteiger partial charge < -0.3 is 5.73 Å². The summed E-state index contributed by atoms with van der Waals surface area (Å²) in [6.45, 7) is 0. The van der Waals surface area contributed by atoms with Crippen molar-refractivity contribution in [2.24, 2.45) is 0 Å². The standard InChI is InChI=1S/C7H8F5NO2S2/c1-16(14,15)7-3-2-5(4-6(7)13)17(8,9,10,11)12/h2-4H,13H2,1H3. The molecule has 10 heteroatoms. The van der Waals surface area contributed by atoms with Crippen LogP contribution in [-0.4, -0.2) is 14.7 Å². The molecule has 0 radical (unpaired) electrons. The van der Waals surface area contributed by atoms with E-state index in [2.05, 4.69) is 0 Å². The second-order valence-electron chi connectivity index (χ2n) is 3.44. The molecule has 0 amide bonds. The summed E-state index contributed by atoms with van der Waals surface area (Å²) in [6.07, 6.45) is 0.706. The molecular formula is C7H8F5NO2S2. The molecule has 17 heavy (non-hydrogen) atoms. The van der Waals surface area contributed by atoms with Gasteiger partial charge in [-0.2, -0.15) is 0 Å². The summed E-state index contributed by atoms with van der Waals surface area (Å²) in [6, 6.07) is 0.351. The van der Waals surface area contributed by atoms with Crippen LogP contribution in [0.1, 0.15) is 0 Å². The lowest BCUT2D eigenvalue weighted by Crippen LogP contribution is -2.09. The minimum atomic E-state index is -9.83. The lowest BCUT2D eigenvalue weighted by Gasteiger charge is -2.40. The maximum Gasteiger partial charge on any atom is 0.310 e. The second kappa shape index (κ2) is 2.86. The summed E-state index contributed by atoms with van der Waals surface area (Å²) >= 11 is 0. The van der Waals surface area contributed by atoms with Crippen LogP contribution < -0.4 is 5.73 Å². The Balaban J connectivity index is 3.56.